The Morgan fingerprint density at radius 1 is 1.58 bits per heavy atom. The van der Waals surface area contributed by atoms with Gasteiger partial charge in [-0.1, -0.05) is 6.08 Å². The third-order valence-electron chi connectivity index (χ3n) is 2.51. The van der Waals surface area contributed by atoms with Crippen molar-refractivity contribution in [3.8, 4) is 0 Å². The quantitative estimate of drug-likeness (QED) is 0.654. The number of aliphatic hydroxyl groups excluding tert-OH is 1. The fraction of sp³-hybridized carbons (Fsp3) is 0.800. The number of rotatable bonds is 3. The van der Waals surface area contributed by atoms with E-state index in [1.54, 1.807) is 0 Å². The first-order valence-corrected chi connectivity index (χ1v) is 4.70. The van der Waals surface area contributed by atoms with Gasteiger partial charge in [-0.05, 0) is 32.1 Å². The van der Waals surface area contributed by atoms with E-state index in [0.29, 0.717) is 12.5 Å². The maximum Gasteiger partial charge on any atom is 0.0839 e. The molecule has 0 aromatic carbocycles. The Hall–Kier alpha value is -0.340. The van der Waals surface area contributed by atoms with Crippen LogP contribution in [0, 0.1) is 5.92 Å². The van der Waals surface area contributed by atoms with Gasteiger partial charge in [0.25, 0.3) is 0 Å². The molecule has 1 aliphatic carbocycles. The van der Waals surface area contributed by atoms with Gasteiger partial charge in [-0.3, -0.25) is 0 Å². The monoisotopic (exact) mass is 170 g/mol. The summed E-state index contributed by atoms with van der Waals surface area (Å²) in [5.74, 6) is 0.532. The molecule has 0 saturated heterocycles. The van der Waals surface area contributed by atoms with Gasteiger partial charge in [-0.25, -0.2) is 0 Å². The molecule has 0 amide bonds. The summed E-state index contributed by atoms with van der Waals surface area (Å²) in [6.07, 6.45) is 4.57. The van der Waals surface area contributed by atoms with Crippen molar-refractivity contribution in [2.75, 3.05) is 6.61 Å². The summed E-state index contributed by atoms with van der Waals surface area (Å²) >= 11 is 0. The number of ether oxygens (including phenoxy) is 1. The van der Waals surface area contributed by atoms with Gasteiger partial charge in [0.1, 0.15) is 0 Å². The molecule has 3 unspecified atom stereocenters. The van der Waals surface area contributed by atoms with Crippen molar-refractivity contribution >= 4 is 0 Å². The van der Waals surface area contributed by atoms with Gasteiger partial charge in [-0.2, -0.15) is 0 Å². The Morgan fingerprint density at radius 3 is 2.92 bits per heavy atom. The van der Waals surface area contributed by atoms with Crippen molar-refractivity contribution < 1.29 is 9.84 Å². The summed E-state index contributed by atoms with van der Waals surface area (Å²) in [6, 6.07) is 0. The van der Waals surface area contributed by atoms with Crippen LogP contribution in [0.4, 0.5) is 0 Å². The number of hydrogen-bond donors (Lipinski definition) is 1. The van der Waals surface area contributed by atoms with Crippen LogP contribution in [0.25, 0.3) is 0 Å². The minimum Gasteiger partial charge on any atom is -0.390 e. The standard InChI is InChI=1S/C10H18O2/c1-3-8-5-6-9(11)10(7-8)12-4-2/h3,8-11H,1,4-7H2,2H3. The number of aliphatic hydroxyl groups is 1. The van der Waals surface area contributed by atoms with E-state index < -0.39 is 0 Å². The predicted octanol–water partition coefficient (Wildman–Crippen LogP) is 1.74. The summed E-state index contributed by atoms with van der Waals surface area (Å²) in [7, 11) is 0. The molecule has 12 heavy (non-hydrogen) atoms. The van der Waals surface area contributed by atoms with Crippen molar-refractivity contribution in [2.45, 2.75) is 38.4 Å². The SMILES string of the molecule is C=CC1CCC(O)C(OCC)C1. The zero-order chi connectivity index (χ0) is 8.97. The molecule has 0 bridgehead atoms. The van der Waals surface area contributed by atoms with Crippen molar-refractivity contribution in [3.63, 3.8) is 0 Å². The molecule has 3 atom stereocenters. The van der Waals surface area contributed by atoms with E-state index in [0.717, 1.165) is 19.3 Å². The Labute approximate surface area is 74.2 Å². The maximum absolute atomic E-state index is 9.55. The van der Waals surface area contributed by atoms with E-state index in [9.17, 15) is 5.11 Å². The maximum atomic E-state index is 9.55. The van der Waals surface area contributed by atoms with Crippen molar-refractivity contribution in [1.82, 2.24) is 0 Å². The molecular weight excluding hydrogens is 152 g/mol. The van der Waals surface area contributed by atoms with Gasteiger partial charge >= 0.3 is 0 Å². The lowest BCUT2D eigenvalue weighted by molar-refractivity contribution is -0.0623. The molecule has 1 saturated carbocycles. The van der Waals surface area contributed by atoms with E-state index in [-0.39, 0.29) is 12.2 Å². The fourth-order valence-corrected chi connectivity index (χ4v) is 1.75. The second kappa shape index (κ2) is 4.63. The largest absolute Gasteiger partial charge is 0.390 e. The third kappa shape index (κ3) is 2.32. The molecule has 0 aliphatic heterocycles. The third-order valence-corrected chi connectivity index (χ3v) is 2.51. The molecule has 1 aliphatic rings. The summed E-state index contributed by atoms with van der Waals surface area (Å²) in [4.78, 5) is 0. The molecule has 0 aromatic heterocycles. The molecular formula is C10H18O2. The van der Waals surface area contributed by atoms with Crippen LogP contribution >= 0.6 is 0 Å². The molecule has 2 heteroatoms. The highest BCUT2D eigenvalue weighted by Gasteiger charge is 2.27. The van der Waals surface area contributed by atoms with Crippen LogP contribution in [0.1, 0.15) is 26.2 Å². The molecule has 1 fully saturated rings. The minimum absolute atomic E-state index is 0.0340. The van der Waals surface area contributed by atoms with Crippen LogP contribution in [-0.4, -0.2) is 23.9 Å². The minimum atomic E-state index is -0.263. The van der Waals surface area contributed by atoms with E-state index >= 15 is 0 Å². The number of hydrogen-bond acceptors (Lipinski definition) is 2. The van der Waals surface area contributed by atoms with E-state index in [2.05, 4.69) is 6.58 Å². The molecule has 2 nitrogen and oxygen atoms in total. The van der Waals surface area contributed by atoms with Crippen LogP contribution in [-0.2, 0) is 4.74 Å². The lowest BCUT2D eigenvalue weighted by Gasteiger charge is -2.31. The topological polar surface area (TPSA) is 29.5 Å². The molecule has 0 spiro atoms. The average molecular weight is 170 g/mol. The molecule has 70 valence electrons. The highest BCUT2D eigenvalue weighted by atomic mass is 16.5. The number of allylic oxidation sites excluding steroid dienone is 1. The zero-order valence-electron chi connectivity index (χ0n) is 7.70. The van der Waals surface area contributed by atoms with E-state index in [4.69, 9.17) is 4.74 Å². The van der Waals surface area contributed by atoms with Gasteiger partial charge in [0, 0.05) is 6.61 Å². The Morgan fingerprint density at radius 2 is 2.33 bits per heavy atom. The molecule has 1 N–H and O–H groups in total. The first kappa shape index (κ1) is 9.75. The van der Waals surface area contributed by atoms with Gasteiger partial charge in [0.05, 0.1) is 12.2 Å². The predicted molar refractivity (Wildman–Crippen MR) is 49.0 cm³/mol. The zero-order valence-corrected chi connectivity index (χ0v) is 7.70. The molecule has 0 aromatic rings. The Kier molecular flexibility index (Phi) is 3.76. The first-order chi connectivity index (χ1) is 5.77. The van der Waals surface area contributed by atoms with Gasteiger partial charge in [0.2, 0.25) is 0 Å². The normalized spacial score (nSPS) is 36.3. The summed E-state index contributed by atoms with van der Waals surface area (Å²) < 4.78 is 5.43. The van der Waals surface area contributed by atoms with Crippen molar-refractivity contribution in [2.24, 2.45) is 5.92 Å². The van der Waals surface area contributed by atoms with Gasteiger partial charge in [-0.15, -0.1) is 6.58 Å². The van der Waals surface area contributed by atoms with Crippen LogP contribution in [0.3, 0.4) is 0 Å². The summed E-state index contributed by atoms with van der Waals surface area (Å²) in [6.45, 7) is 6.42. The van der Waals surface area contributed by atoms with Crippen LogP contribution in [0.2, 0.25) is 0 Å². The molecule has 1 rings (SSSR count). The molecule has 0 radical (unpaired) electrons. The van der Waals surface area contributed by atoms with Gasteiger partial charge in [0.15, 0.2) is 0 Å². The first-order valence-electron chi connectivity index (χ1n) is 4.70. The summed E-state index contributed by atoms with van der Waals surface area (Å²) in [5.41, 5.74) is 0. The highest BCUT2D eigenvalue weighted by molar-refractivity contribution is 4.88. The van der Waals surface area contributed by atoms with Crippen molar-refractivity contribution in [3.05, 3.63) is 12.7 Å². The van der Waals surface area contributed by atoms with Crippen LogP contribution in [0.15, 0.2) is 12.7 Å². The average Bonchev–Trinajstić information content (AvgIpc) is 2.09. The van der Waals surface area contributed by atoms with E-state index in [1.165, 1.54) is 0 Å². The summed E-state index contributed by atoms with van der Waals surface area (Å²) in [5, 5.41) is 9.55. The van der Waals surface area contributed by atoms with Crippen molar-refractivity contribution in [1.29, 1.82) is 0 Å². The van der Waals surface area contributed by atoms with Crippen LogP contribution < -0.4 is 0 Å². The van der Waals surface area contributed by atoms with Gasteiger partial charge < -0.3 is 9.84 Å². The molecule has 0 heterocycles. The Bertz CT molecular complexity index is 145. The fourth-order valence-electron chi connectivity index (χ4n) is 1.75. The Balaban J connectivity index is 2.41. The van der Waals surface area contributed by atoms with E-state index in [1.807, 2.05) is 13.0 Å². The smallest absolute Gasteiger partial charge is 0.0839 e. The second-order valence-corrected chi connectivity index (χ2v) is 3.37. The van der Waals surface area contributed by atoms with Crippen LogP contribution in [0.5, 0.6) is 0 Å². The highest BCUT2D eigenvalue weighted by Crippen LogP contribution is 2.27. The lowest BCUT2D eigenvalue weighted by atomic mass is 9.85. The lowest BCUT2D eigenvalue weighted by Crippen LogP contribution is -2.35. The second-order valence-electron chi connectivity index (χ2n) is 3.37.